The third-order valence-electron chi connectivity index (χ3n) is 1.80. The molecule has 0 radical (unpaired) electrons. The fourth-order valence-electron chi connectivity index (χ4n) is 0.991. The minimum Gasteiger partial charge on any atom is -0.465 e. The molecule has 0 aliphatic rings. The zero-order valence-corrected chi connectivity index (χ0v) is 8.88. The quantitative estimate of drug-likeness (QED) is 0.468. The SMILES string of the molecule is CCC=CC(CC)C(=O)OCCC. The lowest BCUT2D eigenvalue weighted by molar-refractivity contribution is -0.146. The first kappa shape index (κ1) is 12.2. The van der Waals surface area contributed by atoms with Crippen LogP contribution in [0.5, 0.6) is 0 Å². The maximum Gasteiger partial charge on any atom is 0.312 e. The molecular formula is C11H20O2. The van der Waals surface area contributed by atoms with E-state index in [4.69, 9.17) is 4.74 Å². The van der Waals surface area contributed by atoms with Crippen LogP contribution >= 0.6 is 0 Å². The summed E-state index contributed by atoms with van der Waals surface area (Å²) in [7, 11) is 0. The molecule has 0 heterocycles. The second kappa shape index (κ2) is 7.84. The van der Waals surface area contributed by atoms with Crippen molar-refractivity contribution in [2.45, 2.75) is 40.0 Å². The number of rotatable bonds is 6. The summed E-state index contributed by atoms with van der Waals surface area (Å²) >= 11 is 0. The third kappa shape index (κ3) is 5.45. The fourth-order valence-corrected chi connectivity index (χ4v) is 0.991. The molecule has 0 aliphatic heterocycles. The number of hydrogen-bond acceptors (Lipinski definition) is 2. The summed E-state index contributed by atoms with van der Waals surface area (Å²) in [5, 5.41) is 0. The molecule has 76 valence electrons. The minimum absolute atomic E-state index is 0.0495. The summed E-state index contributed by atoms with van der Waals surface area (Å²) in [6, 6.07) is 0. The van der Waals surface area contributed by atoms with Gasteiger partial charge in [0.05, 0.1) is 12.5 Å². The molecule has 0 spiro atoms. The third-order valence-corrected chi connectivity index (χ3v) is 1.80. The van der Waals surface area contributed by atoms with E-state index in [0.717, 1.165) is 19.3 Å². The Hall–Kier alpha value is -0.790. The summed E-state index contributed by atoms with van der Waals surface area (Å²) in [5.41, 5.74) is 0. The van der Waals surface area contributed by atoms with Crippen molar-refractivity contribution >= 4 is 5.97 Å². The van der Waals surface area contributed by atoms with Crippen LogP contribution in [0, 0.1) is 5.92 Å². The Morgan fingerprint density at radius 3 is 2.54 bits per heavy atom. The van der Waals surface area contributed by atoms with Gasteiger partial charge in [0.2, 0.25) is 0 Å². The van der Waals surface area contributed by atoms with Crippen molar-refractivity contribution in [2.75, 3.05) is 6.61 Å². The Bertz CT molecular complexity index is 161. The van der Waals surface area contributed by atoms with Crippen molar-refractivity contribution in [3.63, 3.8) is 0 Å². The molecule has 0 saturated heterocycles. The normalized spacial score (nSPS) is 13.2. The van der Waals surface area contributed by atoms with Crippen LogP contribution in [-0.4, -0.2) is 12.6 Å². The van der Waals surface area contributed by atoms with E-state index in [1.807, 2.05) is 26.0 Å². The summed E-state index contributed by atoms with van der Waals surface area (Å²) in [6.07, 6.45) is 6.63. The van der Waals surface area contributed by atoms with Gasteiger partial charge in [-0.1, -0.05) is 32.9 Å². The van der Waals surface area contributed by atoms with Crippen LogP contribution in [-0.2, 0) is 9.53 Å². The molecule has 0 aromatic rings. The Morgan fingerprint density at radius 2 is 2.08 bits per heavy atom. The van der Waals surface area contributed by atoms with Crippen molar-refractivity contribution in [2.24, 2.45) is 5.92 Å². The number of esters is 1. The molecule has 2 nitrogen and oxygen atoms in total. The van der Waals surface area contributed by atoms with E-state index in [-0.39, 0.29) is 11.9 Å². The van der Waals surface area contributed by atoms with Gasteiger partial charge in [0.1, 0.15) is 0 Å². The van der Waals surface area contributed by atoms with Crippen molar-refractivity contribution in [1.29, 1.82) is 0 Å². The first-order valence-electron chi connectivity index (χ1n) is 5.09. The first-order chi connectivity index (χ1) is 6.26. The molecule has 1 atom stereocenters. The predicted octanol–water partition coefficient (Wildman–Crippen LogP) is 2.93. The smallest absolute Gasteiger partial charge is 0.312 e. The second-order valence-corrected chi connectivity index (χ2v) is 3.02. The van der Waals surface area contributed by atoms with Crippen molar-refractivity contribution < 1.29 is 9.53 Å². The number of carbonyl (C=O) groups is 1. The molecular weight excluding hydrogens is 164 g/mol. The van der Waals surface area contributed by atoms with Crippen LogP contribution in [0.3, 0.4) is 0 Å². The van der Waals surface area contributed by atoms with E-state index in [1.54, 1.807) is 0 Å². The van der Waals surface area contributed by atoms with Crippen LogP contribution in [0.15, 0.2) is 12.2 Å². The number of hydrogen-bond donors (Lipinski definition) is 0. The maximum atomic E-state index is 11.4. The van der Waals surface area contributed by atoms with E-state index in [2.05, 4.69) is 6.92 Å². The summed E-state index contributed by atoms with van der Waals surface area (Å²) in [5.74, 6) is -0.138. The molecule has 0 aromatic carbocycles. The maximum absolute atomic E-state index is 11.4. The second-order valence-electron chi connectivity index (χ2n) is 3.02. The predicted molar refractivity (Wildman–Crippen MR) is 54.5 cm³/mol. The van der Waals surface area contributed by atoms with Gasteiger partial charge in [-0.05, 0) is 19.3 Å². The molecule has 2 heteroatoms. The average Bonchev–Trinajstić information content (AvgIpc) is 2.16. The highest BCUT2D eigenvalue weighted by Crippen LogP contribution is 2.07. The summed E-state index contributed by atoms with van der Waals surface area (Å²) in [4.78, 5) is 11.4. The largest absolute Gasteiger partial charge is 0.465 e. The highest BCUT2D eigenvalue weighted by atomic mass is 16.5. The van der Waals surface area contributed by atoms with Gasteiger partial charge >= 0.3 is 5.97 Å². The monoisotopic (exact) mass is 184 g/mol. The Kier molecular flexibility index (Phi) is 7.36. The molecule has 0 N–H and O–H groups in total. The van der Waals surface area contributed by atoms with Gasteiger partial charge in [0.25, 0.3) is 0 Å². The highest BCUT2D eigenvalue weighted by Gasteiger charge is 2.13. The van der Waals surface area contributed by atoms with Gasteiger partial charge in [0.15, 0.2) is 0 Å². The van der Waals surface area contributed by atoms with E-state index in [0.29, 0.717) is 6.61 Å². The number of carbonyl (C=O) groups excluding carboxylic acids is 1. The van der Waals surface area contributed by atoms with Crippen molar-refractivity contribution in [3.8, 4) is 0 Å². The molecule has 0 fully saturated rings. The fraction of sp³-hybridized carbons (Fsp3) is 0.727. The molecule has 1 unspecified atom stereocenters. The van der Waals surface area contributed by atoms with E-state index >= 15 is 0 Å². The standard InChI is InChI=1S/C11H20O2/c1-4-7-8-10(6-3)11(12)13-9-5-2/h7-8,10H,4-6,9H2,1-3H3. The lowest BCUT2D eigenvalue weighted by atomic mass is 10.1. The lowest BCUT2D eigenvalue weighted by Gasteiger charge is -2.09. The van der Waals surface area contributed by atoms with Crippen LogP contribution in [0.1, 0.15) is 40.0 Å². The summed E-state index contributed by atoms with van der Waals surface area (Å²) < 4.78 is 5.05. The van der Waals surface area contributed by atoms with E-state index in [9.17, 15) is 4.79 Å². The highest BCUT2D eigenvalue weighted by molar-refractivity contribution is 5.74. The van der Waals surface area contributed by atoms with Crippen LogP contribution in [0.25, 0.3) is 0 Å². The van der Waals surface area contributed by atoms with Gasteiger partial charge in [-0.2, -0.15) is 0 Å². The Labute approximate surface area is 81.0 Å². The van der Waals surface area contributed by atoms with Crippen molar-refractivity contribution in [1.82, 2.24) is 0 Å². The zero-order valence-electron chi connectivity index (χ0n) is 8.88. The van der Waals surface area contributed by atoms with E-state index < -0.39 is 0 Å². The summed E-state index contributed by atoms with van der Waals surface area (Å²) in [6.45, 7) is 6.59. The molecule has 0 bridgehead atoms. The Balaban J connectivity index is 3.92. The Morgan fingerprint density at radius 1 is 1.38 bits per heavy atom. The number of allylic oxidation sites excluding steroid dienone is 1. The molecule has 0 amide bonds. The van der Waals surface area contributed by atoms with Crippen molar-refractivity contribution in [3.05, 3.63) is 12.2 Å². The zero-order chi connectivity index (χ0) is 10.1. The van der Waals surface area contributed by atoms with Gasteiger partial charge < -0.3 is 4.74 Å². The van der Waals surface area contributed by atoms with Crippen LogP contribution < -0.4 is 0 Å². The number of ether oxygens (including phenoxy) is 1. The average molecular weight is 184 g/mol. The van der Waals surface area contributed by atoms with Gasteiger partial charge in [-0.3, -0.25) is 4.79 Å². The molecule has 13 heavy (non-hydrogen) atoms. The lowest BCUT2D eigenvalue weighted by Crippen LogP contribution is -2.15. The van der Waals surface area contributed by atoms with Gasteiger partial charge in [-0.25, -0.2) is 0 Å². The molecule has 0 aromatic heterocycles. The molecule has 0 rings (SSSR count). The molecule has 0 saturated carbocycles. The topological polar surface area (TPSA) is 26.3 Å². The molecule has 0 aliphatic carbocycles. The van der Waals surface area contributed by atoms with E-state index in [1.165, 1.54) is 0 Å². The first-order valence-corrected chi connectivity index (χ1v) is 5.09. The van der Waals surface area contributed by atoms with Gasteiger partial charge in [-0.15, -0.1) is 0 Å². The van der Waals surface area contributed by atoms with Gasteiger partial charge in [0, 0.05) is 0 Å². The van der Waals surface area contributed by atoms with Crippen LogP contribution in [0.2, 0.25) is 0 Å². The van der Waals surface area contributed by atoms with Crippen LogP contribution in [0.4, 0.5) is 0 Å². The minimum atomic E-state index is -0.0888.